The lowest BCUT2D eigenvalue weighted by Gasteiger charge is -2.00. The van der Waals surface area contributed by atoms with E-state index in [0.29, 0.717) is 5.56 Å². The van der Waals surface area contributed by atoms with Crippen molar-refractivity contribution in [2.45, 2.75) is 12.7 Å². The fourth-order valence-corrected chi connectivity index (χ4v) is 1.97. The lowest BCUT2D eigenvalue weighted by atomic mass is 10.2. The first kappa shape index (κ1) is 11.6. The van der Waals surface area contributed by atoms with Crippen molar-refractivity contribution in [3.05, 3.63) is 39.9 Å². The van der Waals surface area contributed by atoms with Crippen LogP contribution in [0.25, 0.3) is 0 Å². The maximum atomic E-state index is 11.3. The third-order valence-electron chi connectivity index (χ3n) is 1.97. The first-order valence-electron chi connectivity index (χ1n) is 4.38. The Balaban J connectivity index is 2.86. The van der Waals surface area contributed by atoms with Gasteiger partial charge in [-0.25, -0.2) is 8.42 Å². The van der Waals surface area contributed by atoms with Gasteiger partial charge in [0.15, 0.2) is 9.84 Å². The molecule has 0 bridgehead atoms. The highest BCUT2D eigenvalue weighted by Gasteiger charge is 2.10. The molecule has 82 valence electrons. The van der Waals surface area contributed by atoms with Gasteiger partial charge in [-0.1, -0.05) is 19.1 Å². The quantitative estimate of drug-likeness (QED) is 0.579. The summed E-state index contributed by atoms with van der Waals surface area (Å²) < 4.78 is 22.5. The zero-order chi connectivity index (χ0) is 11.5. The summed E-state index contributed by atoms with van der Waals surface area (Å²) in [5.41, 5.74) is 0.537. The average Bonchev–Trinajstić information content (AvgIpc) is 2.18. The molecule has 1 aromatic carbocycles. The lowest BCUT2D eigenvalue weighted by molar-refractivity contribution is -0.384. The van der Waals surface area contributed by atoms with E-state index in [1.54, 1.807) is 6.92 Å². The summed E-state index contributed by atoms with van der Waals surface area (Å²) in [6.45, 7) is 1.57. The number of non-ortho nitro benzene ring substituents is 1. The van der Waals surface area contributed by atoms with E-state index in [2.05, 4.69) is 0 Å². The molecule has 0 aliphatic rings. The van der Waals surface area contributed by atoms with E-state index >= 15 is 0 Å². The minimum Gasteiger partial charge on any atom is -0.258 e. The van der Waals surface area contributed by atoms with Crippen LogP contribution in [0.2, 0.25) is 0 Å². The molecule has 0 fully saturated rings. The second-order valence-corrected chi connectivity index (χ2v) is 5.45. The van der Waals surface area contributed by atoms with Crippen LogP contribution in [0.1, 0.15) is 12.5 Å². The van der Waals surface area contributed by atoms with Gasteiger partial charge in [0.1, 0.15) is 0 Å². The summed E-state index contributed by atoms with van der Waals surface area (Å²) in [4.78, 5) is 9.83. The number of hydrogen-bond acceptors (Lipinski definition) is 4. The van der Waals surface area contributed by atoms with Gasteiger partial charge in [0, 0.05) is 17.9 Å². The van der Waals surface area contributed by atoms with Crippen LogP contribution in [0.3, 0.4) is 0 Å². The summed E-state index contributed by atoms with van der Waals surface area (Å²) in [6.07, 6.45) is 0. The molecular weight excluding hydrogens is 218 g/mol. The van der Waals surface area contributed by atoms with Crippen LogP contribution in [0.15, 0.2) is 24.3 Å². The number of nitro benzene ring substituents is 1. The first-order valence-corrected chi connectivity index (χ1v) is 6.20. The van der Waals surface area contributed by atoms with Crippen LogP contribution >= 0.6 is 0 Å². The number of sulfone groups is 1. The van der Waals surface area contributed by atoms with Gasteiger partial charge in [0.05, 0.1) is 10.7 Å². The SMILES string of the molecule is CCS(=O)(=O)Cc1ccc([N+](=O)[O-])cc1. The summed E-state index contributed by atoms with van der Waals surface area (Å²) in [6, 6.07) is 5.54. The molecule has 0 saturated carbocycles. The largest absolute Gasteiger partial charge is 0.269 e. The minimum absolute atomic E-state index is 0.0346. The van der Waals surface area contributed by atoms with E-state index in [4.69, 9.17) is 0 Å². The highest BCUT2D eigenvalue weighted by atomic mass is 32.2. The molecule has 1 rings (SSSR count). The standard InChI is InChI=1S/C9H11NO4S/c1-2-15(13,14)7-8-3-5-9(6-4-8)10(11)12/h3-6H,2,7H2,1H3. The molecule has 1 aromatic rings. The second-order valence-electron chi connectivity index (χ2n) is 3.10. The Kier molecular flexibility index (Phi) is 3.41. The molecule has 0 radical (unpaired) electrons. The fraction of sp³-hybridized carbons (Fsp3) is 0.333. The third-order valence-corrected chi connectivity index (χ3v) is 3.63. The van der Waals surface area contributed by atoms with Crippen molar-refractivity contribution >= 4 is 15.5 Å². The van der Waals surface area contributed by atoms with Crippen LogP contribution in [0, 0.1) is 10.1 Å². The molecule has 15 heavy (non-hydrogen) atoms. The van der Waals surface area contributed by atoms with Gasteiger partial charge in [-0.15, -0.1) is 0 Å². The molecule has 6 heteroatoms. The Labute approximate surface area is 87.8 Å². The van der Waals surface area contributed by atoms with Gasteiger partial charge >= 0.3 is 0 Å². The molecule has 5 nitrogen and oxygen atoms in total. The minimum atomic E-state index is -3.08. The van der Waals surface area contributed by atoms with Crippen LogP contribution in [-0.2, 0) is 15.6 Å². The Bertz CT molecular complexity index is 450. The van der Waals surface area contributed by atoms with Crippen molar-refractivity contribution < 1.29 is 13.3 Å². The van der Waals surface area contributed by atoms with Crippen LogP contribution in [-0.4, -0.2) is 19.1 Å². The number of benzene rings is 1. The Morgan fingerprint density at radius 2 is 1.80 bits per heavy atom. The van der Waals surface area contributed by atoms with E-state index in [1.807, 2.05) is 0 Å². The van der Waals surface area contributed by atoms with Crippen molar-refractivity contribution in [1.82, 2.24) is 0 Å². The smallest absolute Gasteiger partial charge is 0.258 e. The van der Waals surface area contributed by atoms with Gasteiger partial charge in [-0.05, 0) is 5.56 Å². The van der Waals surface area contributed by atoms with Crippen molar-refractivity contribution in [1.29, 1.82) is 0 Å². The topological polar surface area (TPSA) is 77.3 Å². The highest BCUT2D eigenvalue weighted by Crippen LogP contribution is 2.13. The zero-order valence-electron chi connectivity index (χ0n) is 8.21. The molecule has 0 aromatic heterocycles. The monoisotopic (exact) mass is 229 g/mol. The Morgan fingerprint density at radius 1 is 1.27 bits per heavy atom. The van der Waals surface area contributed by atoms with Crippen LogP contribution in [0.4, 0.5) is 5.69 Å². The fourth-order valence-electron chi connectivity index (χ4n) is 1.07. The van der Waals surface area contributed by atoms with Crippen molar-refractivity contribution in [2.24, 2.45) is 0 Å². The Morgan fingerprint density at radius 3 is 2.20 bits per heavy atom. The molecule has 0 spiro atoms. The molecule has 0 aliphatic heterocycles. The van der Waals surface area contributed by atoms with E-state index in [9.17, 15) is 18.5 Å². The predicted octanol–water partition coefficient (Wildman–Crippen LogP) is 1.53. The van der Waals surface area contributed by atoms with Gasteiger partial charge in [0.2, 0.25) is 0 Å². The van der Waals surface area contributed by atoms with E-state index in [-0.39, 0.29) is 17.2 Å². The second kappa shape index (κ2) is 4.39. The van der Waals surface area contributed by atoms with Crippen molar-refractivity contribution in [3.8, 4) is 0 Å². The molecule has 0 N–H and O–H groups in total. The number of rotatable bonds is 4. The lowest BCUT2D eigenvalue weighted by Crippen LogP contribution is -2.06. The van der Waals surface area contributed by atoms with Crippen molar-refractivity contribution in [2.75, 3.05) is 5.75 Å². The molecule has 0 amide bonds. The maximum absolute atomic E-state index is 11.3. The molecule has 0 unspecified atom stereocenters. The van der Waals surface area contributed by atoms with Gasteiger partial charge in [-0.3, -0.25) is 10.1 Å². The first-order chi connectivity index (χ1) is 6.94. The van der Waals surface area contributed by atoms with Crippen LogP contribution < -0.4 is 0 Å². The number of nitrogens with zero attached hydrogens (tertiary/aromatic N) is 1. The van der Waals surface area contributed by atoms with Gasteiger partial charge in [0.25, 0.3) is 5.69 Å². The van der Waals surface area contributed by atoms with Gasteiger partial charge < -0.3 is 0 Å². The number of nitro groups is 1. The molecule has 0 saturated heterocycles. The number of hydrogen-bond donors (Lipinski definition) is 0. The van der Waals surface area contributed by atoms with E-state index in [1.165, 1.54) is 24.3 Å². The summed E-state index contributed by atoms with van der Waals surface area (Å²) in [5.74, 6) is 0.00544. The summed E-state index contributed by atoms with van der Waals surface area (Å²) in [7, 11) is -3.08. The molecule has 0 aliphatic carbocycles. The van der Waals surface area contributed by atoms with Crippen LogP contribution in [0.5, 0.6) is 0 Å². The Hall–Kier alpha value is -1.43. The van der Waals surface area contributed by atoms with Crippen molar-refractivity contribution in [3.63, 3.8) is 0 Å². The summed E-state index contributed by atoms with van der Waals surface area (Å²) in [5, 5.41) is 10.3. The normalized spacial score (nSPS) is 11.3. The highest BCUT2D eigenvalue weighted by molar-refractivity contribution is 7.90. The zero-order valence-corrected chi connectivity index (χ0v) is 9.03. The van der Waals surface area contributed by atoms with E-state index < -0.39 is 14.8 Å². The molecular formula is C9H11NO4S. The summed E-state index contributed by atoms with van der Waals surface area (Å²) >= 11 is 0. The average molecular weight is 229 g/mol. The predicted molar refractivity (Wildman–Crippen MR) is 56.3 cm³/mol. The van der Waals surface area contributed by atoms with E-state index in [0.717, 1.165) is 0 Å². The molecule has 0 heterocycles. The molecule has 0 atom stereocenters. The maximum Gasteiger partial charge on any atom is 0.269 e. The van der Waals surface area contributed by atoms with Gasteiger partial charge in [-0.2, -0.15) is 0 Å². The third kappa shape index (κ3) is 3.32.